The molecular weight excluding hydrogens is 368 g/mol. The van der Waals surface area contributed by atoms with Gasteiger partial charge in [-0.1, -0.05) is 68.4 Å². The first kappa shape index (κ1) is 20.5. The van der Waals surface area contributed by atoms with Gasteiger partial charge in [0.15, 0.2) is 0 Å². The molecule has 2 N–H and O–H groups in total. The quantitative estimate of drug-likeness (QED) is 0.644. The number of benzene rings is 3. The molecule has 0 saturated carbocycles. The second-order valence-electron chi connectivity index (χ2n) is 7.77. The Labute approximate surface area is 168 Å². The molecule has 0 saturated heterocycles. The second-order valence-corrected chi connectivity index (χ2v) is 9.54. The highest BCUT2D eigenvalue weighted by Gasteiger charge is 2.23. The number of sulfonamides is 1. The Morgan fingerprint density at radius 2 is 1.54 bits per heavy atom. The fourth-order valence-corrected chi connectivity index (χ4v) is 4.53. The van der Waals surface area contributed by atoms with Gasteiger partial charge >= 0.3 is 0 Å². The Kier molecular flexibility index (Phi) is 6.18. The van der Waals surface area contributed by atoms with Gasteiger partial charge in [0.2, 0.25) is 10.0 Å². The fraction of sp³-hybridized carbons (Fsp3) is 0.304. The Balaban J connectivity index is 1.85. The van der Waals surface area contributed by atoms with Crippen molar-refractivity contribution < 1.29 is 13.3 Å². The van der Waals surface area contributed by atoms with E-state index in [-0.39, 0.29) is 6.04 Å². The lowest BCUT2D eigenvalue weighted by molar-refractivity contribution is -0.890. The summed E-state index contributed by atoms with van der Waals surface area (Å²) in [4.78, 5) is 1.48. The molecule has 0 aliphatic heterocycles. The molecule has 0 radical (unpaired) electrons. The SMILES string of the molecule is CC(C)c1ccc(S(=O)(=O)NC[C@H](c2cccc3ccccc23)[NH+](C)C)cc1. The summed E-state index contributed by atoms with van der Waals surface area (Å²) in [5.41, 5.74) is 2.28. The van der Waals surface area contributed by atoms with Crippen LogP contribution >= 0.6 is 0 Å². The van der Waals surface area contributed by atoms with E-state index in [2.05, 4.69) is 56.9 Å². The van der Waals surface area contributed by atoms with Crippen LogP contribution < -0.4 is 9.62 Å². The average Bonchev–Trinajstić information content (AvgIpc) is 2.68. The fourth-order valence-electron chi connectivity index (χ4n) is 3.49. The van der Waals surface area contributed by atoms with Crippen LogP contribution in [0.1, 0.15) is 36.9 Å². The van der Waals surface area contributed by atoms with E-state index in [0.29, 0.717) is 17.4 Å². The van der Waals surface area contributed by atoms with Crippen molar-refractivity contribution in [3.05, 3.63) is 77.9 Å². The molecule has 0 fully saturated rings. The number of hydrogen-bond donors (Lipinski definition) is 2. The molecule has 0 amide bonds. The topological polar surface area (TPSA) is 50.6 Å². The van der Waals surface area contributed by atoms with Crippen molar-refractivity contribution >= 4 is 20.8 Å². The first-order chi connectivity index (χ1) is 13.3. The van der Waals surface area contributed by atoms with Crippen molar-refractivity contribution in [2.75, 3.05) is 20.6 Å². The van der Waals surface area contributed by atoms with E-state index in [4.69, 9.17) is 0 Å². The third kappa shape index (κ3) is 4.43. The average molecular weight is 398 g/mol. The van der Waals surface area contributed by atoms with Gasteiger partial charge in [-0.3, -0.25) is 0 Å². The number of hydrogen-bond acceptors (Lipinski definition) is 2. The molecule has 3 rings (SSSR count). The lowest BCUT2D eigenvalue weighted by Crippen LogP contribution is -3.07. The molecule has 3 aromatic carbocycles. The molecule has 0 unspecified atom stereocenters. The number of quaternary nitrogens is 1. The third-order valence-corrected chi connectivity index (χ3v) is 6.67. The van der Waals surface area contributed by atoms with Gasteiger partial charge in [-0.2, -0.15) is 0 Å². The molecule has 3 aromatic rings. The van der Waals surface area contributed by atoms with E-state index in [1.54, 1.807) is 12.1 Å². The minimum atomic E-state index is -3.56. The Hall–Kier alpha value is -2.21. The summed E-state index contributed by atoms with van der Waals surface area (Å²) in [6.45, 7) is 4.53. The van der Waals surface area contributed by atoms with Crippen LogP contribution in [0.25, 0.3) is 10.8 Å². The molecule has 0 spiro atoms. The summed E-state index contributed by atoms with van der Waals surface area (Å²) < 4.78 is 28.4. The van der Waals surface area contributed by atoms with Gasteiger partial charge in [0.25, 0.3) is 0 Å². The minimum absolute atomic E-state index is 0.0100. The summed E-state index contributed by atoms with van der Waals surface area (Å²) in [6.07, 6.45) is 0. The van der Waals surface area contributed by atoms with Crippen molar-refractivity contribution in [2.45, 2.75) is 30.7 Å². The maximum absolute atomic E-state index is 12.8. The van der Waals surface area contributed by atoms with Crippen LogP contribution in [-0.2, 0) is 10.0 Å². The van der Waals surface area contributed by atoms with Crippen LogP contribution in [0, 0.1) is 0 Å². The molecule has 0 aliphatic carbocycles. The van der Waals surface area contributed by atoms with Crippen LogP contribution in [-0.4, -0.2) is 29.1 Å². The maximum atomic E-state index is 12.8. The largest absolute Gasteiger partial charge is 0.333 e. The van der Waals surface area contributed by atoms with Gasteiger partial charge in [0.05, 0.1) is 25.5 Å². The summed E-state index contributed by atoms with van der Waals surface area (Å²) in [6, 6.07) is 21.6. The van der Waals surface area contributed by atoms with Crippen molar-refractivity contribution in [1.82, 2.24) is 4.72 Å². The zero-order chi connectivity index (χ0) is 20.3. The van der Waals surface area contributed by atoms with E-state index < -0.39 is 10.0 Å². The monoisotopic (exact) mass is 397 g/mol. The maximum Gasteiger partial charge on any atom is 0.240 e. The van der Waals surface area contributed by atoms with E-state index in [0.717, 1.165) is 16.5 Å². The lowest BCUT2D eigenvalue weighted by atomic mass is 9.98. The molecule has 0 aromatic heterocycles. The van der Waals surface area contributed by atoms with Gasteiger partial charge in [-0.15, -0.1) is 0 Å². The predicted molar refractivity (Wildman–Crippen MR) is 115 cm³/mol. The van der Waals surface area contributed by atoms with E-state index in [1.807, 2.05) is 30.3 Å². The zero-order valence-electron chi connectivity index (χ0n) is 16.9. The highest BCUT2D eigenvalue weighted by atomic mass is 32.2. The van der Waals surface area contributed by atoms with Gasteiger partial charge in [-0.05, 0) is 34.4 Å². The minimum Gasteiger partial charge on any atom is -0.333 e. The summed E-state index contributed by atoms with van der Waals surface area (Å²) >= 11 is 0. The standard InChI is InChI=1S/C23H28N2O2S/c1-17(2)18-12-14-20(15-13-18)28(26,27)24-16-23(25(3)4)22-11-7-9-19-8-5-6-10-21(19)22/h5-15,17,23-24H,16H2,1-4H3/p+1/t23-/m1/s1. The Bertz CT molecular complexity index is 1040. The summed E-state index contributed by atoms with van der Waals surface area (Å²) in [5.74, 6) is 0.373. The highest BCUT2D eigenvalue weighted by molar-refractivity contribution is 7.89. The normalized spacial score (nSPS) is 13.4. The predicted octanol–water partition coefficient (Wildman–Crippen LogP) is 3.13. The van der Waals surface area contributed by atoms with Crippen LogP contribution in [0.4, 0.5) is 0 Å². The molecule has 1 atom stereocenters. The Morgan fingerprint density at radius 3 is 2.18 bits per heavy atom. The molecule has 0 bridgehead atoms. The number of rotatable bonds is 7. The van der Waals surface area contributed by atoms with Crippen molar-refractivity contribution in [1.29, 1.82) is 0 Å². The van der Waals surface area contributed by atoms with Crippen LogP contribution in [0.3, 0.4) is 0 Å². The van der Waals surface area contributed by atoms with Gasteiger partial charge < -0.3 is 4.90 Å². The van der Waals surface area contributed by atoms with Gasteiger partial charge in [-0.25, -0.2) is 13.1 Å². The first-order valence-corrected chi connectivity index (χ1v) is 11.2. The highest BCUT2D eigenvalue weighted by Crippen LogP contribution is 2.23. The molecule has 148 valence electrons. The number of likely N-dealkylation sites (N-methyl/N-ethyl adjacent to an activating group) is 1. The third-order valence-electron chi connectivity index (χ3n) is 5.23. The van der Waals surface area contributed by atoms with Crippen molar-refractivity contribution in [2.24, 2.45) is 0 Å². The number of fused-ring (bicyclic) bond motifs is 1. The molecular formula is C23H29N2O2S+. The molecule has 0 heterocycles. The van der Waals surface area contributed by atoms with E-state index in [9.17, 15) is 8.42 Å². The molecule has 0 aliphatic rings. The smallest absolute Gasteiger partial charge is 0.240 e. The van der Waals surface area contributed by atoms with Crippen LogP contribution in [0.15, 0.2) is 71.6 Å². The van der Waals surface area contributed by atoms with Crippen LogP contribution in [0.2, 0.25) is 0 Å². The van der Waals surface area contributed by atoms with Gasteiger partial charge in [0.1, 0.15) is 6.04 Å². The first-order valence-electron chi connectivity index (χ1n) is 9.67. The summed E-state index contributed by atoms with van der Waals surface area (Å²) in [7, 11) is 0.552. The molecule has 5 heteroatoms. The van der Waals surface area contributed by atoms with Gasteiger partial charge in [0, 0.05) is 5.56 Å². The van der Waals surface area contributed by atoms with E-state index >= 15 is 0 Å². The zero-order valence-corrected chi connectivity index (χ0v) is 17.8. The molecule has 4 nitrogen and oxygen atoms in total. The lowest BCUT2D eigenvalue weighted by Gasteiger charge is -2.23. The van der Waals surface area contributed by atoms with Crippen molar-refractivity contribution in [3.8, 4) is 0 Å². The summed E-state index contributed by atoms with van der Waals surface area (Å²) in [5, 5.41) is 2.33. The number of nitrogens with one attached hydrogen (secondary N) is 2. The van der Waals surface area contributed by atoms with Crippen molar-refractivity contribution in [3.63, 3.8) is 0 Å². The van der Waals surface area contributed by atoms with Crippen LogP contribution in [0.5, 0.6) is 0 Å². The second kappa shape index (κ2) is 8.43. The Morgan fingerprint density at radius 1 is 0.893 bits per heavy atom. The van der Waals surface area contributed by atoms with E-state index in [1.165, 1.54) is 10.3 Å². The molecule has 28 heavy (non-hydrogen) atoms.